The zero-order valence-corrected chi connectivity index (χ0v) is 20.8. The molecule has 1 fully saturated rings. The lowest BCUT2D eigenvalue weighted by atomic mass is 9.95. The van der Waals surface area contributed by atoms with Gasteiger partial charge in [-0.05, 0) is 90.5 Å². The molecule has 2 aliphatic carbocycles. The first-order valence-electron chi connectivity index (χ1n) is 11.9. The van der Waals surface area contributed by atoms with E-state index in [9.17, 15) is 8.42 Å². The van der Waals surface area contributed by atoms with Gasteiger partial charge in [0.1, 0.15) is 22.2 Å². The third-order valence-corrected chi connectivity index (χ3v) is 8.07. The third kappa shape index (κ3) is 4.97. The van der Waals surface area contributed by atoms with Gasteiger partial charge in [0.05, 0.1) is 12.4 Å². The molecule has 0 spiro atoms. The molecule has 5 nitrogen and oxygen atoms in total. The molecule has 1 heterocycles. The van der Waals surface area contributed by atoms with Crippen LogP contribution >= 0.6 is 0 Å². The maximum absolute atomic E-state index is 11.3. The van der Waals surface area contributed by atoms with E-state index >= 15 is 0 Å². The van der Waals surface area contributed by atoms with E-state index in [4.69, 9.17) is 9.47 Å². The minimum absolute atomic E-state index is 0.116. The highest BCUT2D eigenvalue weighted by atomic mass is 32.2. The smallest absolute Gasteiger partial charge is 0.213 e. The number of sulfone groups is 1. The molecule has 2 unspecified atom stereocenters. The molecule has 0 amide bonds. The van der Waals surface area contributed by atoms with Crippen molar-refractivity contribution in [2.75, 3.05) is 18.6 Å². The van der Waals surface area contributed by atoms with E-state index in [1.54, 1.807) is 0 Å². The van der Waals surface area contributed by atoms with Crippen LogP contribution in [-0.2, 0) is 22.9 Å². The van der Waals surface area contributed by atoms with Crippen LogP contribution < -0.4 is 9.47 Å². The zero-order valence-electron chi connectivity index (χ0n) is 20.0. The van der Waals surface area contributed by atoms with Crippen molar-refractivity contribution >= 4 is 9.84 Å². The van der Waals surface area contributed by atoms with Crippen molar-refractivity contribution in [2.45, 2.75) is 45.6 Å². The summed E-state index contributed by atoms with van der Waals surface area (Å²) in [5, 5.41) is 0. The molecular weight excluding hydrogens is 446 g/mol. The lowest BCUT2D eigenvalue weighted by Gasteiger charge is -2.15. The highest BCUT2D eigenvalue weighted by Crippen LogP contribution is 2.56. The van der Waals surface area contributed by atoms with Crippen molar-refractivity contribution in [3.05, 3.63) is 76.5 Å². The van der Waals surface area contributed by atoms with E-state index < -0.39 is 9.84 Å². The topological polar surface area (TPSA) is 65.5 Å². The summed E-state index contributed by atoms with van der Waals surface area (Å²) in [5.41, 5.74) is 8.57. The standard InChI is InChI=1S/C28H31NO4S/c1-18-12-28(32-10-5-11-34(3,30)31)29-16-27(18)24-7-4-6-20(19(24)2)17-33-23-8-9-25-21(14-23)13-22-15-26(22)25/h4,6-9,12,14,16,22,26H,5,10-11,13,15,17H2,1-3H3. The molecule has 0 aliphatic heterocycles. The second-order valence-electron chi connectivity index (χ2n) is 9.71. The first kappa shape index (κ1) is 22.9. The average Bonchev–Trinajstić information content (AvgIpc) is 3.46. The molecule has 6 heteroatoms. The Kier molecular flexibility index (Phi) is 6.11. The van der Waals surface area contributed by atoms with Crippen molar-refractivity contribution in [2.24, 2.45) is 5.92 Å². The van der Waals surface area contributed by atoms with Gasteiger partial charge in [0, 0.05) is 24.1 Å². The van der Waals surface area contributed by atoms with Crippen molar-refractivity contribution in [1.29, 1.82) is 0 Å². The van der Waals surface area contributed by atoms with Gasteiger partial charge in [-0.25, -0.2) is 13.4 Å². The lowest BCUT2D eigenvalue weighted by molar-refractivity contribution is 0.305. The van der Waals surface area contributed by atoms with Crippen LogP contribution in [0.5, 0.6) is 11.6 Å². The summed E-state index contributed by atoms with van der Waals surface area (Å²) in [6.45, 7) is 5.02. The molecule has 1 saturated carbocycles. The van der Waals surface area contributed by atoms with E-state index in [-0.39, 0.29) is 5.75 Å². The number of hydrogen-bond acceptors (Lipinski definition) is 5. The SMILES string of the molecule is Cc1cc(OCCCS(C)(=O)=O)ncc1-c1cccc(COc2ccc3c(c2)CC2CC32)c1C. The van der Waals surface area contributed by atoms with Crippen LogP contribution in [0.15, 0.2) is 48.7 Å². The maximum Gasteiger partial charge on any atom is 0.213 e. The normalized spacial score (nSPS) is 18.3. The molecular formula is C28H31NO4S. The highest BCUT2D eigenvalue weighted by molar-refractivity contribution is 7.90. The van der Waals surface area contributed by atoms with Crippen molar-refractivity contribution in [3.63, 3.8) is 0 Å². The number of fused-ring (bicyclic) bond motifs is 3. The van der Waals surface area contributed by atoms with Crippen LogP contribution in [0, 0.1) is 19.8 Å². The monoisotopic (exact) mass is 477 g/mol. The number of aromatic nitrogens is 1. The fourth-order valence-electron chi connectivity index (χ4n) is 5.03. The first-order valence-corrected chi connectivity index (χ1v) is 14.0. The maximum atomic E-state index is 11.3. The minimum atomic E-state index is -2.97. The second-order valence-corrected chi connectivity index (χ2v) is 12.0. The van der Waals surface area contributed by atoms with E-state index in [0.29, 0.717) is 25.5 Å². The fraction of sp³-hybridized carbons (Fsp3) is 0.393. The van der Waals surface area contributed by atoms with Gasteiger partial charge in [-0.2, -0.15) is 0 Å². The van der Waals surface area contributed by atoms with Crippen molar-refractivity contribution < 1.29 is 17.9 Å². The number of benzene rings is 2. The van der Waals surface area contributed by atoms with E-state index in [1.807, 2.05) is 19.2 Å². The van der Waals surface area contributed by atoms with Gasteiger partial charge < -0.3 is 9.47 Å². The van der Waals surface area contributed by atoms with Gasteiger partial charge in [0.25, 0.3) is 0 Å². The zero-order chi connectivity index (χ0) is 23.9. The second kappa shape index (κ2) is 9.06. The Hall–Kier alpha value is -2.86. The molecule has 1 aromatic heterocycles. The summed E-state index contributed by atoms with van der Waals surface area (Å²) < 4.78 is 34.4. The Morgan fingerprint density at radius 1 is 1.06 bits per heavy atom. The lowest BCUT2D eigenvalue weighted by Crippen LogP contribution is -2.08. The Labute approximate surface area is 202 Å². The fourth-order valence-corrected chi connectivity index (χ4v) is 5.67. The Morgan fingerprint density at radius 2 is 1.91 bits per heavy atom. The van der Waals surface area contributed by atoms with E-state index in [1.165, 1.54) is 35.8 Å². The molecule has 2 aromatic carbocycles. The first-order chi connectivity index (χ1) is 16.3. The molecule has 0 N–H and O–H groups in total. The van der Waals surface area contributed by atoms with E-state index in [0.717, 1.165) is 39.8 Å². The summed E-state index contributed by atoms with van der Waals surface area (Å²) in [5.74, 6) is 3.26. The molecule has 0 radical (unpaired) electrons. The number of ether oxygens (including phenoxy) is 2. The van der Waals surface area contributed by atoms with Crippen LogP contribution in [-0.4, -0.2) is 32.0 Å². The number of aryl methyl sites for hydroxylation is 1. The van der Waals surface area contributed by atoms with Crippen molar-refractivity contribution in [3.8, 4) is 22.8 Å². The van der Waals surface area contributed by atoms with Gasteiger partial charge >= 0.3 is 0 Å². The molecule has 3 aromatic rings. The molecule has 0 saturated heterocycles. The summed E-state index contributed by atoms with van der Waals surface area (Å²) in [6.07, 6.45) is 6.09. The number of rotatable bonds is 9. The predicted molar refractivity (Wildman–Crippen MR) is 134 cm³/mol. The predicted octanol–water partition coefficient (Wildman–Crippen LogP) is 5.42. The van der Waals surface area contributed by atoms with Gasteiger partial charge in [-0.15, -0.1) is 0 Å². The van der Waals surface area contributed by atoms with Gasteiger partial charge in [-0.1, -0.05) is 24.3 Å². The van der Waals surface area contributed by atoms with Crippen LogP contribution in [0.4, 0.5) is 0 Å². The van der Waals surface area contributed by atoms with Gasteiger partial charge in [0.15, 0.2) is 0 Å². The van der Waals surface area contributed by atoms with Crippen LogP contribution in [0.3, 0.4) is 0 Å². The van der Waals surface area contributed by atoms with Crippen LogP contribution in [0.25, 0.3) is 11.1 Å². The Bertz CT molecular complexity index is 1330. The summed E-state index contributed by atoms with van der Waals surface area (Å²) in [7, 11) is -2.97. The quantitative estimate of drug-likeness (QED) is 0.385. The Balaban J connectivity index is 1.25. The van der Waals surface area contributed by atoms with Gasteiger partial charge in [-0.3, -0.25) is 0 Å². The third-order valence-electron chi connectivity index (χ3n) is 7.04. The van der Waals surface area contributed by atoms with Crippen LogP contribution in [0.2, 0.25) is 0 Å². The average molecular weight is 478 g/mol. The Morgan fingerprint density at radius 3 is 2.71 bits per heavy atom. The number of nitrogens with zero attached hydrogens (tertiary/aromatic N) is 1. The highest BCUT2D eigenvalue weighted by Gasteiger charge is 2.44. The number of pyridine rings is 1. The molecule has 5 rings (SSSR count). The molecule has 178 valence electrons. The van der Waals surface area contributed by atoms with Gasteiger partial charge in [0.2, 0.25) is 5.88 Å². The molecule has 2 atom stereocenters. The number of hydrogen-bond donors (Lipinski definition) is 0. The van der Waals surface area contributed by atoms with Crippen LogP contribution in [0.1, 0.15) is 46.6 Å². The minimum Gasteiger partial charge on any atom is -0.489 e. The molecule has 34 heavy (non-hydrogen) atoms. The molecule has 0 bridgehead atoms. The summed E-state index contributed by atoms with van der Waals surface area (Å²) >= 11 is 0. The molecule has 2 aliphatic rings. The van der Waals surface area contributed by atoms with Crippen molar-refractivity contribution in [1.82, 2.24) is 4.98 Å². The largest absolute Gasteiger partial charge is 0.489 e. The summed E-state index contributed by atoms with van der Waals surface area (Å²) in [6, 6.07) is 14.8. The summed E-state index contributed by atoms with van der Waals surface area (Å²) in [4.78, 5) is 4.45. The van der Waals surface area contributed by atoms with E-state index in [2.05, 4.69) is 48.3 Å².